The number of rotatable bonds is 8. The first kappa shape index (κ1) is 26.4. The molecule has 208 valence electrons. The molecule has 0 bridgehead atoms. The molecule has 6 rings (SSSR count). The number of carbonyl (C=O) groups is 1. The van der Waals surface area contributed by atoms with Crippen molar-refractivity contribution in [1.29, 1.82) is 0 Å². The molecule has 3 aliphatic rings. The molecule has 0 amide bonds. The minimum atomic E-state index is -0.576. The number of hydrogen-bond donors (Lipinski definition) is 0. The molecule has 3 aromatic rings. The largest absolute Gasteiger partial charge is 0.465 e. The SMILES string of the molecule is CCOC(=O)C1C(C)=Nc2c(c(N3CCN(CCc4ccccc4)CC3)nc(=O)n2C2CC2)C1c1ccccc1. The Hall–Kier alpha value is -3.78. The number of ether oxygens (including phenoxy) is 1. The summed E-state index contributed by atoms with van der Waals surface area (Å²) in [5, 5.41) is 0. The van der Waals surface area contributed by atoms with E-state index in [1.165, 1.54) is 5.56 Å². The number of nitrogens with zero attached hydrogens (tertiary/aromatic N) is 5. The van der Waals surface area contributed by atoms with E-state index in [9.17, 15) is 9.59 Å². The van der Waals surface area contributed by atoms with E-state index in [1.54, 1.807) is 4.57 Å². The summed E-state index contributed by atoms with van der Waals surface area (Å²) in [5.41, 5.74) is 3.64. The number of hydrogen-bond acceptors (Lipinski definition) is 7. The lowest BCUT2D eigenvalue weighted by atomic mass is 9.76. The van der Waals surface area contributed by atoms with E-state index in [-0.39, 0.29) is 23.6 Å². The molecule has 1 aliphatic carbocycles. The molecular weight excluding hydrogens is 502 g/mol. The fraction of sp³-hybridized carbons (Fsp3) is 0.438. The van der Waals surface area contributed by atoms with Gasteiger partial charge >= 0.3 is 11.7 Å². The Balaban J connectivity index is 1.38. The maximum absolute atomic E-state index is 13.5. The molecule has 0 radical (unpaired) electrons. The van der Waals surface area contributed by atoms with Crippen molar-refractivity contribution in [3.8, 4) is 0 Å². The van der Waals surface area contributed by atoms with Gasteiger partial charge in [-0.15, -0.1) is 0 Å². The van der Waals surface area contributed by atoms with Crippen molar-refractivity contribution >= 4 is 23.3 Å². The highest BCUT2D eigenvalue weighted by Crippen LogP contribution is 2.49. The minimum Gasteiger partial charge on any atom is -0.465 e. The first-order valence-electron chi connectivity index (χ1n) is 14.5. The molecule has 2 unspecified atom stereocenters. The maximum Gasteiger partial charge on any atom is 0.351 e. The first-order chi connectivity index (χ1) is 19.5. The van der Waals surface area contributed by atoms with Crippen molar-refractivity contribution in [3.63, 3.8) is 0 Å². The van der Waals surface area contributed by atoms with Crippen LogP contribution in [0, 0.1) is 5.92 Å². The Morgan fingerprint density at radius 1 is 0.975 bits per heavy atom. The predicted molar refractivity (Wildman–Crippen MR) is 157 cm³/mol. The third-order valence-electron chi connectivity index (χ3n) is 8.34. The second-order valence-electron chi connectivity index (χ2n) is 11.0. The van der Waals surface area contributed by atoms with Crippen molar-refractivity contribution in [2.24, 2.45) is 10.9 Å². The van der Waals surface area contributed by atoms with Gasteiger partial charge in [0.15, 0.2) is 0 Å². The molecule has 40 heavy (non-hydrogen) atoms. The number of benzene rings is 2. The van der Waals surface area contributed by atoms with E-state index in [0.29, 0.717) is 24.0 Å². The fourth-order valence-corrected chi connectivity index (χ4v) is 6.14. The summed E-state index contributed by atoms with van der Waals surface area (Å²) in [4.78, 5) is 41.3. The van der Waals surface area contributed by atoms with Gasteiger partial charge in [0.05, 0.1) is 6.61 Å². The Bertz CT molecular complexity index is 1440. The molecule has 2 fully saturated rings. The summed E-state index contributed by atoms with van der Waals surface area (Å²) in [5.74, 6) is 0.128. The standard InChI is InChI=1S/C32H37N5O3/c1-3-40-31(38)26-22(2)33-30-28(27(26)24-12-8-5-9-13-24)29(34-32(39)37(30)25-14-15-25)36-20-18-35(19-21-36)17-16-23-10-6-4-7-11-23/h4-13,25-27H,3,14-21H2,1-2H3. The van der Waals surface area contributed by atoms with Crippen molar-refractivity contribution < 1.29 is 9.53 Å². The average molecular weight is 540 g/mol. The Morgan fingerprint density at radius 2 is 1.65 bits per heavy atom. The maximum atomic E-state index is 13.5. The van der Waals surface area contributed by atoms with Crippen molar-refractivity contribution in [2.75, 3.05) is 44.2 Å². The minimum absolute atomic E-state index is 0.116. The van der Waals surface area contributed by atoms with E-state index in [0.717, 1.165) is 63.1 Å². The van der Waals surface area contributed by atoms with Crippen LogP contribution < -0.4 is 10.6 Å². The molecular formula is C32H37N5O3. The highest BCUT2D eigenvalue weighted by Gasteiger charge is 2.44. The summed E-state index contributed by atoms with van der Waals surface area (Å²) in [7, 11) is 0. The van der Waals surface area contributed by atoms with Gasteiger partial charge in [0.1, 0.15) is 17.6 Å². The lowest BCUT2D eigenvalue weighted by Crippen LogP contribution is -2.48. The predicted octanol–water partition coefficient (Wildman–Crippen LogP) is 4.36. The van der Waals surface area contributed by atoms with Crippen LogP contribution in [0.15, 0.2) is 70.5 Å². The number of aliphatic imine (C=N–C) groups is 1. The molecule has 8 heteroatoms. The van der Waals surface area contributed by atoms with E-state index in [4.69, 9.17) is 14.7 Å². The number of fused-ring (bicyclic) bond motifs is 1. The summed E-state index contributed by atoms with van der Waals surface area (Å²) in [6, 6.07) is 20.8. The molecule has 2 atom stereocenters. The van der Waals surface area contributed by atoms with Crippen LogP contribution in [0.1, 0.15) is 55.3 Å². The molecule has 1 saturated heterocycles. The van der Waals surface area contributed by atoms with Crippen LogP contribution in [0.25, 0.3) is 0 Å². The third-order valence-corrected chi connectivity index (χ3v) is 8.34. The van der Waals surface area contributed by atoms with E-state index in [1.807, 2.05) is 38.1 Å². The molecule has 0 spiro atoms. The molecule has 1 saturated carbocycles. The van der Waals surface area contributed by atoms with Crippen LogP contribution in [0.5, 0.6) is 0 Å². The number of carbonyl (C=O) groups excluding carboxylic acids is 1. The van der Waals surface area contributed by atoms with Crippen molar-refractivity contribution in [1.82, 2.24) is 14.5 Å². The van der Waals surface area contributed by atoms with Crippen LogP contribution in [0.3, 0.4) is 0 Å². The lowest BCUT2D eigenvalue weighted by Gasteiger charge is -2.39. The summed E-state index contributed by atoms with van der Waals surface area (Å²) < 4.78 is 7.34. The van der Waals surface area contributed by atoms with Crippen LogP contribution in [-0.4, -0.2) is 65.5 Å². The van der Waals surface area contributed by atoms with Gasteiger partial charge < -0.3 is 9.64 Å². The van der Waals surface area contributed by atoms with Crippen LogP contribution >= 0.6 is 0 Å². The van der Waals surface area contributed by atoms with Gasteiger partial charge in [-0.05, 0) is 44.2 Å². The smallest absolute Gasteiger partial charge is 0.351 e. The van der Waals surface area contributed by atoms with Gasteiger partial charge in [0.2, 0.25) is 0 Å². The quantitative estimate of drug-likeness (QED) is 0.396. The fourth-order valence-electron chi connectivity index (χ4n) is 6.14. The number of esters is 1. The van der Waals surface area contributed by atoms with E-state index in [2.05, 4.69) is 46.2 Å². The molecule has 2 aromatic carbocycles. The monoisotopic (exact) mass is 539 g/mol. The number of aromatic nitrogens is 2. The van der Waals surface area contributed by atoms with Crippen LogP contribution in [0.4, 0.5) is 11.6 Å². The van der Waals surface area contributed by atoms with Gasteiger partial charge in [-0.3, -0.25) is 14.3 Å². The molecule has 1 aromatic heterocycles. The van der Waals surface area contributed by atoms with E-state index >= 15 is 0 Å². The summed E-state index contributed by atoms with van der Waals surface area (Å²) in [6.07, 6.45) is 2.90. The molecule has 0 N–H and O–H groups in total. The van der Waals surface area contributed by atoms with Gasteiger partial charge in [-0.1, -0.05) is 60.7 Å². The van der Waals surface area contributed by atoms with Crippen molar-refractivity contribution in [2.45, 2.75) is 45.1 Å². The summed E-state index contributed by atoms with van der Waals surface area (Å²) in [6.45, 7) is 8.29. The van der Waals surface area contributed by atoms with Gasteiger partial charge in [-0.2, -0.15) is 4.98 Å². The van der Waals surface area contributed by atoms with Crippen LogP contribution in [0.2, 0.25) is 0 Å². The first-order valence-corrected chi connectivity index (χ1v) is 14.5. The highest BCUT2D eigenvalue weighted by atomic mass is 16.5. The average Bonchev–Trinajstić information content (AvgIpc) is 3.81. The Kier molecular flexibility index (Phi) is 7.52. The number of anilines is 1. The van der Waals surface area contributed by atoms with E-state index < -0.39 is 5.92 Å². The summed E-state index contributed by atoms with van der Waals surface area (Å²) >= 11 is 0. The number of piperazine rings is 1. The van der Waals surface area contributed by atoms with Gasteiger partial charge in [-0.25, -0.2) is 9.79 Å². The van der Waals surface area contributed by atoms with Crippen molar-refractivity contribution in [3.05, 3.63) is 87.8 Å². The van der Waals surface area contributed by atoms with Gasteiger partial charge in [0.25, 0.3) is 0 Å². The molecule has 3 heterocycles. The zero-order valence-electron chi connectivity index (χ0n) is 23.3. The molecule has 2 aliphatic heterocycles. The van der Waals surface area contributed by atoms with Crippen LogP contribution in [-0.2, 0) is 16.0 Å². The second-order valence-corrected chi connectivity index (χ2v) is 11.0. The zero-order chi connectivity index (χ0) is 27.6. The second kappa shape index (κ2) is 11.4. The highest BCUT2D eigenvalue weighted by molar-refractivity contribution is 6.05. The zero-order valence-corrected chi connectivity index (χ0v) is 23.3. The Morgan fingerprint density at radius 3 is 2.30 bits per heavy atom. The lowest BCUT2D eigenvalue weighted by molar-refractivity contribution is -0.146. The topological polar surface area (TPSA) is 80.0 Å². The third kappa shape index (κ3) is 5.20. The molecule has 8 nitrogen and oxygen atoms in total. The van der Waals surface area contributed by atoms with Gasteiger partial charge in [0, 0.05) is 56.0 Å². The Labute approximate surface area is 235 Å². The normalized spacial score (nSPS) is 21.1.